The number of aromatic nitrogens is 2. The summed E-state index contributed by atoms with van der Waals surface area (Å²) in [5, 5.41) is 16.9. The summed E-state index contributed by atoms with van der Waals surface area (Å²) in [6.07, 6.45) is 7.89. The van der Waals surface area contributed by atoms with Crippen LogP contribution in [0.4, 0.5) is 0 Å². The van der Waals surface area contributed by atoms with Gasteiger partial charge in [-0.1, -0.05) is 12.8 Å². The molecule has 0 aliphatic heterocycles. The van der Waals surface area contributed by atoms with E-state index in [0.717, 1.165) is 37.8 Å². The van der Waals surface area contributed by atoms with Crippen molar-refractivity contribution in [1.29, 1.82) is 0 Å². The molecule has 1 fully saturated rings. The average Bonchev–Trinajstić information content (AvgIpc) is 2.83. The SMILES string of the molecule is CC(NCC1CCCCC1C(=O)O)c1cnn(C)c1. The lowest BCUT2D eigenvalue weighted by Crippen LogP contribution is -2.35. The van der Waals surface area contributed by atoms with Crippen LogP contribution in [0.1, 0.15) is 44.2 Å². The van der Waals surface area contributed by atoms with Crippen LogP contribution in [-0.4, -0.2) is 27.4 Å². The van der Waals surface area contributed by atoms with E-state index in [0.29, 0.717) is 0 Å². The highest BCUT2D eigenvalue weighted by atomic mass is 16.4. The van der Waals surface area contributed by atoms with Crippen molar-refractivity contribution in [3.63, 3.8) is 0 Å². The number of nitrogens with one attached hydrogen (secondary N) is 1. The summed E-state index contributed by atoms with van der Waals surface area (Å²) in [4.78, 5) is 11.2. The molecule has 3 atom stereocenters. The second-order valence-electron chi connectivity index (χ2n) is 5.57. The van der Waals surface area contributed by atoms with E-state index in [4.69, 9.17) is 0 Å². The predicted octanol–water partition coefficient (Wildman–Crippen LogP) is 1.96. The van der Waals surface area contributed by atoms with Gasteiger partial charge in [-0.3, -0.25) is 9.48 Å². The molecule has 1 saturated carbocycles. The summed E-state index contributed by atoms with van der Waals surface area (Å²) >= 11 is 0. The Morgan fingerprint density at radius 1 is 1.58 bits per heavy atom. The molecule has 0 saturated heterocycles. The van der Waals surface area contributed by atoms with Gasteiger partial charge in [0, 0.05) is 24.8 Å². The topological polar surface area (TPSA) is 67.2 Å². The fourth-order valence-electron chi connectivity index (χ4n) is 2.89. The van der Waals surface area contributed by atoms with Crippen LogP contribution in [0.2, 0.25) is 0 Å². The van der Waals surface area contributed by atoms with Crippen molar-refractivity contribution in [2.24, 2.45) is 18.9 Å². The maximum atomic E-state index is 11.2. The van der Waals surface area contributed by atoms with Crippen molar-refractivity contribution in [3.05, 3.63) is 18.0 Å². The third-order valence-corrected chi connectivity index (χ3v) is 4.14. The van der Waals surface area contributed by atoms with E-state index in [-0.39, 0.29) is 17.9 Å². The van der Waals surface area contributed by atoms with Crippen molar-refractivity contribution >= 4 is 5.97 Å². The minimum Gasteiger partial charge on any atom is -0.481 e. The quantitative estimate of drug-likeness (QED) is 0.854. The zero-order valence-corrected chi connectivity index (χ0v) is 11.7. The lowest BCUT2D eigenvalue weighted by atomic mass is 9.79. The third kappa shape index (κ3) is 3.56. The largest absolute Gasteiger partial charge is 0.481 e. The summed E-state index contributed by atoms with van der Waals surface area (Å²) in [6.45, 7) is 2.86. The Morgan fingerprint density at radius 3 is 2.95 bits per heavy atom. The average molecular weight is 265 g/mol. The second-order valence-corrected chi connectivity index (χ2v) is 5.57. The van der Waals surface area contributed by atoms with Crippen LogP contribution < -0.4 is 5.32 Å². The molecule has 5 nitrogen and oxygen atoms in total. The Bertz CT molecular complexity index is 430. The molecule has 0 radical (unpaired) electrons. The molecule has 106 valence electrons. The Labute approximate surface area is 114 Å². The van der Waals surface area contributed by atoms with Crippen molar-refractivity contribution < 1.29 is 9.90 Å². The normalized spacial score (nSPS) is 25.2. The van der Waals surface area contributed by atoms with Gasteiger partial charge in [-0.15, -0.1) is 0 Å². The summed E-state index contributed by atoms with van der Waals surface area (Å²) in [6, 6.07) is 0.213. The van der Waals surface area contributed by atoms with Crippen LogP contribution in [0.5, 0.6) is 0 Å². The fraction of sp³-hybridized carbons (Fsp3) is 0.714. The van der Waals surface area contributed by atoms with Crippen LogP contribution in [0, 0.1) is 11.8 Å². The molecule has 5 heteroatoms. The standard InChI is InChI=1S/C14H23N3O2/c1-10(12-8-16-17(2)9-12)15-7-11-5-3-4-6-13(11)14(18)19/h8-11,13,15H,3-7H2,1-2H3,(H,18,19). The lowest BCUT2D eigenvalue weighted by molar-refractivity contribution is -0.144. The van der Waals surface area contributed by atoms with Crippen molar-refractivity contribution in [3.8, 4) is 0 Å². The molecule has 1 heterocycles. The number of nitrogens with zero attached hydrogens (tertiary/aromatic N) is 2. The van der Waals surface area contributed by atoms with Crippen LogP contribution >= 0.6 is 0 Å². The molecule has 0 bridgehead atoms. The molecule has 2 N–H and O–H groups in total. The first-order valence-electron chi connectivity index (χ1n) is 7.02. The molecule has 2 rings (SSSR count). The number of carboxylic acid groups (broad SMARTS) is 1. The van der Waals surface area contributed by atoms with E-state index in [1.54, 1.807) is 4.68 Å². The first-order chi connectivity index (χ1) is 9.08. The Kier molecular flexibility index (Phi) is 4.58. The predicted molar refractivity (Wildman–Crippen MR) is 72.7 cm³/mol. The van der Waals surface area contributed by atoms with Crippen LogP contribution in [0.25, 0.3) is 0 Å². The minimum absolute atomic E-state index is 0.178. The molecule has 0 amide bonds. The molecule has 0 aromatic carbocycles. The van der Waals surface area contributed by atoms with E-state index in [2.05, 4.69) is 17.3 Å². The van der Waals surface area contributed by atoms with Gasteiger partial charge in [0.15, 0.2) is 0 Å². The molecule has 1 aromatic heterocycles. The maximum Gasteiger partial charge on any atom is 0.306 e. The molecule has 3 unspecified atom stereocenters. The molecular weight excluding hydrogens is 242 g/mol. The smallest absolute Gasteiger partial charge is 0.306 e. The number of rotatable bonds is 5. The minimum atomic E-state index is -0.638. The highest BCUT2D eigenvalue weighted by Crippen LogP contribution is 2.30. The number of carboxylic acids is 1. The van der Waals surface area contributed by atoms with Crippen molar-refractivity contribution in [2.75, 3.05) is 6.54 Å². The zero-order chi connectivity index (χ0) is 13.8. The number of hydrogen-bond donors (Lipinski definition) is 2. The molecular formula is C14H23N3O2. The summed E-state index contributed by atoms with van der Waals surface area (Å²) in [5.74, 6) is -0.562. The van der Waals surface area contributed by atoms with Crippen molar-refractivity contribution in [1.82, 2.24) is 15.1 Å². The van der Waals surface area contributed by atoms with Crippen LogP contribution in [0.15, 0.2) is 12.4 Å². The summed E-state index contributed by atoms with van der Waals surface area (Å²) < 4.78 is 1.79. The van der Waals surface area contributed by atoms with E-state index < -0.39 is 5.97 Å². The van der Waals surface area contributed by atoms with E-state index in [1.165, 1.54) is 0 Å². The highest BCUT2D eigenvalue weighted by Gasteiger charge is 2.30. The molecule has 1 aliphatic carbocycles. The monoisotopic (exact) mass is 265 g/mol. The van der Waals surface area contributed by atoms with Gasteiger partial charge in [0.25, 0.3) is 0 Å². The van der Waals surface area contributed by atoms with Gasteiger partial charge in [-0.2, -0.15) is 5.10 Å². The summed E-state index contributed by atoms with van der Waals surface area (Å²) in [5.41, 5.74) is 1.14. The number of carbonyl (C=O) groups is 1. The zero-order valence-electron chi connectivity index (χ0n) is 11.7. The van der Waals surface area contributed by atoms with Gasteiger partial charge >= 0.3 is 5.97 Å². The van der Waals surface area contributed by atoms with Gasteiger partial charge in [-0.25, -0.2) is 0 Å². The first-order valence-corrected chi connectivity index (χ1v) is 7.02. The molecule has 1 aliphatic rings. The van der Waals surface area contributed by atoms with Gasteiger partial charge < -0.3 is 10.4 Å². The molecule has 19 heavy (non-hydrogen) atoms. The second kappa shape index (κ2) is 6.19. The molecule has 1 aromatic rings. The van der Waals surface area contributed by atoms with Gasteiger partial charge in [0.1, 0.15) is 0 Å². The van der Waals surface area contributed by atoms with Crippen LogP contribution in [-0.2, 0) is 11.8 Å². The summed E-state index contributed by atoms with van der Waals surface area (Å²) in [7, 11) is 1.90. The number of aryl methyl sites for hydroxylation is 1. The van der Waals surface area contributed by atoms with E-state index in [1.807, 2.05) is 19.4 Å². The van der Waals surface area contributed by atoms with E-state index >= 15 is 0 Å². The lowest BCUT2D eigenvalue weighted by Gasteiger charge is -2.29. The van der Waals surface area contributed by atoms with Gasteiger partial charge in [0.2, 0.25) is 0 Å². The fourth-order valence-corrected chi connectivity index (χ4v) is 2.89. The third-order valence-electron chi connectivity index (χ3n) is 4.14. The first kappa shape index (κ1) is 14.1. The van der Waals surface area contributed by atoms with Gasteiger partial charge in [-0.05, 0) is 32.2 Å². The number of hydrogen-bond acceptors (Lipinski definition) is 3. The van der Waals surface area contributed by atoms with Gasteiger partial charge in [0.05, 0.1) is 12.1 Å². The number of aliphatic carboxylic acids is 1. The highest BCUT2D eigenvalue weighted by molar-refractivity contribution is 5.70. The Balaban J connectivity index is 1.88. The molecule has 0 spiro atoms. The maximum absolute atomic E-state index is 11.2. The van der Waals surface area contributed by atoms with Crippen LogP contribution in [0.3, 0.4) is 0 Å². The van der Waals surface area contributed by atoms with Crippen molar-refractivity contribution in [2.45, 2.75) is 38.6 Å². The Hall–Kier alpha value is -1.36. The van der Waals surface area contributed by atoms with E-state index in [9.17, 15) is 9.90 Å². The Morgan fingerprint density at radius 2 is 2.32 bits per heavy atom.